The fraction of sp³-hybridized carbons (Fsp3) is 0.385. The molecule has 0 unspecified atom stereocenters. The smallest absolute Gasteiger partial charge is 0.348 e. The van der Waals surface area contributed by atoms with Crippen LogP contribution in [0.25, 0.3) is 0 Å². The first kappa shape index (κ1) is 14.2. The highest BCUT2D eigenvalue weighted by atomic mass is 35.5. The van der Waals surface area contributed by atoms with Crippen LogP contribution in [0.2, 0.25) is 5.02 Å². The first-order valence-corrected chi connectivity index (χ1v) is 7.35. The second-order valence-electron chi connectivity index (χ2n) is 4.32. The molecule has 1 heterocycles. The van der Waals surface area contributed by atoms with Gasteiger partial charge >= 0.3 is 5.97 Å². The summed E-state index contributed by atoms with van der Waals surface area (Å²) in [6.45, 7) is 0. The van der Waals surface area contributed by atoms with Gasteiger partial charge in [-0.15, -0.1) is 0 Å². The van der Waals surface area contributed by atoms with Crippen molar-refractivity contribution in [2.45, 2.75) is 18.4 Å². The predicted molar refractivity (Wildman–Crippen MR) is 74.4 cm³/mol. The highest BCUT2D eigenvalue weighted by Gasteiger charge is 2.42. The molecule has 0 aromatic heterocycles. The van der Waals surface area contributed by atoms with Crippen LogP contribution in [0.15, 0.2) is 18.2 Å². The summed E-state index contributed by atoms with van der Waals surface area (Å²) in [5.74, 6) is 0.831. The van der Waals surface area contributed by atoms with E-state index in [1.165, 1.54) is 6.07 Å². The monoisotopic (exact) mass is 300 g/mol. The molecule has 1 aliphatic heterocycles. The van der Waals surface area contributed by atoms with E-state index in [1.54, 1.807) is 23.9 Å². The van der Waals surface area contributed by atoms with Gasteiger partial charge in [0, 0.05) is 18.4 Å². The Hall–Kier alpha value is -1.20. The minimum atomic E-state index is -1.21. The van der Waals surface area contributed by atoms with E-state index in [4.69, 9.17) is 16.3 Å². The fourth-order valence-electron chi connectivity index (χ4n) is 1.94. The first-order valence-electron chi connectivity index (χ1n) is 5.82. The number of carboxylic acids is 1. The summed E-state index contributed by atoms with van der Waals surface area (Å²) < 4.78 is 5.67. The number of thioether (sulfide) groups is 1. The lowest BCUT2D eigenvalue weighted by molar-refractivity contribution is -0.156. The summed E-state index contributed by atoms with van der Waals surface area (Å²) in [5.41, 5.74) is -0.779. The molecule has 102 valence electrons. The van der Waals surface area contributed by atoms with Crippen LogP contribution in [0.1, 0.15) is 23.2 Å². The van der Waals surface area contributed by atoms with Crippen LogP contribution in [-0.2, 0) is 4.79 Å². The standard InChI is InChI=1S/C13H13ClO4S/c14-10-7-9(8-15)1-2-11(10)18-13(12(16)17)3-5-19-6-4-13/h1-2,7-8H,3-6H2,(H,16,17). The maximum absolute atomic E-state index is 11.5. The van der Waals surface area contributed by atoms with Crippen LogP contribution in [0.4, 0.5) is 0 Å². The molecule has 1 aliphatic rings. The predicted octanol–water partition coefficient (Wildman–Crippen LogP) is 2.88. The molecule has 1 aromatic rings. The maximum atomic E-state index is 11.5. The van der Waals surface area contributed by atoms with Gasteiger partial charge < -0.3 is 9.84 Å². The van der Waals surface area contributed by atoms with Gasteiger partial charge in [0.15, 0.2) is 0 Å². The summed E-state index contributed by atoms with van der Waals surface area (Å²) in [6, 6.07) is 4.57. The Labute approximate surface area is 120 Å². The minimum Gasteiger partial charge on any atom is -0.478 e. The molecule has 19 heavy (non-hydrogen) atoms. The molecule has 0 atom stereocenters. The molecule has 0 saturated carbocycles. The Morgan fingerprint density at radius 3 is 2.63 bits per heavy atom. The largest absolute Gasteiger partial charge is 0.478 e. The summed E-state index contributed by atoms with van der Waals surface area (Å²) in [6.07, 6.45) is 1.57. The van der Waals surface area contributed by atoms with Gasteiger partial charge in [0.2, 0.25) is 5.60 Å². The maximum Gasteiger partial charge on any atom is 0.348 e. The van der Waals surface area contributed by atoms with Crippen molar-refractivity contribution in [3.63, 3.8) is 0 Å². The third-order valence-electron chi connectivity index (χ3n) is 3.09. The molecule has 0 radical (unpaired) electrons. The van der Waals surface area contributed by atoms with E-state index in [9.17, 15) is 14.7 Å². The van der Waals surface area contributed by atoms with E-state index in [0.717, 1.165) is 11.5 Å². The zero-order valence-electron chi connectivity index (χ0n) is 10.1. The molecular weight excluding hydrogens is 288 g/mol. The van der Waals surface area contributed by atoms with Gasteiger partial charge in [0.1, 0.15) is 12.0 Å². The van der Waals surface area contributed by atoms with E-state index in [2.05, 4.69) is 0 Å². The highest BCUT2D eigenvalue weighted by molar-refractivity contribution is 7.99. The summed E-state index contributed by atoms with van der Waals surface area (Å²) in [7, 11) is 0. The van der Waals surface area contributed by atoms with Gasteiger partial charge in [-0.05, 0) is 29.7 Å². The number of rotatable bonds is 4. The van der Waals surface area contributed by atoms with Crippen molar-refractivity contribution in [2.75, 3.05) is 11.5 Å². The summed E-state index contributed by atoms with van der Waals surface area (Å²) >= 11 is 7.72. The number of halogens is 1. The van der Waals surface area contributed by atoms with Crippen molar-refractivity contribution in [1.82, 2.24) is 0 Å². The van der Waals surface area contributed by atoms with Gasteiger partial charge in [0.25, 0.3) is 0 Å². The van der Waals surface area contributed by atoms with E-state index in [0.29, 0.717) is 30.4 Å². The number of aliphatic carboxylic acids is 1. The van der Waals surface area contributed by atoms with Crippen LogP contribution in [0.3, 0.4) is 0 Å². The van der Waals surface area contributed by atoms with Crippen LogP contribution in [0.5, 0.6) is 5.75 Å². The van der Waals surface area contributed by atoms with E-state index >= 15 is 0 Å². The van der Waals surface area contributed by atoms with Crippen molar-refractivity contribution in [1.29, 1.82) is 0 Å². The van der Waals surface area contributed by atoms with Gasteiger partial charge in [-0.2, -0.15) is 11.8 Å². The number of carbonyl (C=O) groups excluding carboxylic acids is 1. The van der Waals surface area contributed by atoms with Crippen LogP contribution >= 0.6 is 23.4 Å². The van der Waals surface area contributed by atoms with E-state index in [1.807, 2.05) is 0 Å². The van der Waals surface area contributed by atoms with E-state index in [-0.39, 0.29) is 5.02 Å². The Morgan fingerprint density at radius 2 is 2.11 bits per heavy atom. The molecule has 1 N–H and O–H groups in total. The van der Waals surface area contributed by atoms with Gasteiger partial charge in [-0.1, -0.05) is 11.6 Å². The Balaban J connectivity index is 2.26. The second-order valence-corrected chi connectivity index (χ2v) is 5.95. The number of benzene rings is 1. The third kappa shape index (κ3) is 3.04. The lowest BCUT2D eigenvalue weighted by atomic mass is 9.96. The SMILES string of the molecule is O=Cc1ccc(OC2(C(=O)O)CCSCC2)c(Cl)c1. The zero-order valence-corrected chi connectivity index (χ0v) is 11.7. The van der Waals surface area contributed by atoms with Crippen LogP contribution < -0.4 is 4.74 Å². The molecule has 6 heteroatoms. The van der Waals surface area contributed by atoms with Crippen molar-refractivity contribution in [3.8, 4) is 5.75 Å². The van der Waals surface area contributed by atoms with Crippen molar-refractivity contribution in [3.05, 3.63) is 28.8 Å². The van der Waals surface area contributed by atoms with Crippen LogP contribution in [-0.4, -0.2) is 34.5 Å². The van der Waals surface area contributed by atoms with Gasteiger partial charge in [-0.25, -0.2) is 4.79 Å². The van der Waals surface area contributed by atoms with E-state index < -0.39 is 11.6 Å². The molecule has 0 aliphatic carbocycles. The normalized spacial score (nSPS) is 17.7. The molecule has 1 aromatic carbocycles. The molecule has 1 fully saturated rings. The fourth-order valence-corrected chi connectivity index (χ4v) is 3.32. The van der Waals surface area contributed by atoms with Gasteiger partial charge in [0.05, 0.1) is 5.02 Å². The number of ether oxygens (including phenoxy) is 1. The number of carbonyl (C=O) groups is 2. The summed E-state index contributed by atoms with van der Waals surface area (Å²) in [5, 5.41) is 9.66. The lowest BCUT2D eigenvalue weighted by Gasteiger charge is -2.33. The average molecular weight is 301 g/mol. The first-order chi connectivity index (χ1) is 9.07. The Bertz CT molecular complexity index is 497. The molecule has 2 rings (SSSR count). The number of hydrogen-bond acceptors (Lipinski definition) is 4. The lowest BCUT2D eigenvalue weighted by Crippen LogP contribution is -2.47. The van der Waals surface area contributed by atoms with Crippen LogP contribution in [0, 0.1) is 0 Å². The summed E-state index contributed by atoms with van der Waals surface area (Å²) in [4.78, 5) is 22.1. The Kier molecular flexibility index (Phi) is 4.37. The third-order valence-corrected chi connectivity index (χ3v) is 4.37. The minimum absolute atomic E-state index is 0.253. The second kappa shape index (κ2) is 5.84. The topological polar surface area (TPSA) is 63.6 Å². The molecule has 0 bridgehead atoms. The Morgan fingerprint density at radius 1 is 1.42 bits per heavy atom. The number of hydrogen-bond donors (Lipinski definition) is 1. The number of aldehydes is 1. The van der Waals surface area contributed by atoms with Crippen molar-refractivity contribution < 1.29 is 19.4 Å². The highest BCUT2D eigenvalue weighted by Crippen LogP contribution is 2.35. The molecule has 0 spiro atoms. The molecule has 4 nitrogen and oxygen atoms in total. The number of carboxylic acid groups (broad SMARTS) is 1. The molecule has 1 saturated heterocycles. The molecular formula is C13H13ClO4S. The van der Waals surface area contributed by atoms with Crippen molar-refractivity contribution >= 4 is 35.6 Å². The quantitative estimate of drug-likeness (QED) is 0.866. The van der Waals surface area contributed by atoms with Gasteiger partial charge in [-0.3, -0.25) is 4.79 Å². The van der Waals surface area contributed by atoms with Crippen molar-refractivity contribution in [2.24, 2.45) is 0 Å². The zero-order chi connectivity index (χ0) is 13.9. The average Bonchev–Trinajstić information content (AvgIpc) is 2.42. The molecule has 0 amide bonds.